The lowest BCUT2D eigenvalue weighted by Crippen LogP contribution is -2.39. The highest BCUT2D eigenvalue weighted by molar-refractivity contribution is 5.38. The van der Waals surface area contributed by atoms with Crippen LogP contribution in [0.4, 0.5) is 0 Å². The molecule has 2 nitrogen and oxygen atoms in total. The van der Waals surface area contributed by atoms with Crippen molar-refractivity contribution in [2.24, 2.45) is 5.73 Å². The van der Waals surface area contributed by atoms with E-state index in [4.69, 9.17) is 10.5 Å². The fraction of sp³-hybridized carbons (Fsp3) is 0.625. The minimum absolute atomic E-state index is 0.241. The lowest BCUT2D eigenvalue weighted by Gasteiger charge is -2.40. The van der Waals surface area contributed by atoms with Gasteiger partial charge in [-0.25, -0.2) is 0 Å². The van der Waals surface area contributed by atoms with Crippen LogP contribution in [0.1, 0.15) is 49.1 Å². The Balaban J connectivity index is 1.98. The van der Waals surface area contributed by atoms with Gasteiger partial charge in [-0.3, -0.25) is 0 Å². The molecule has 0 spiro atoms. The van der Waals surface area contributed by atoms with Crippen LogP contribution in [0.5, 0.6) is 0 Å². The second-order valence-electron chi connectivity index (χ2n) is 5.87. The topological polar surface area (TPSA) is 35.2 Å². The highest BCUT2D eigenvalue weighted by atomic mass is 16.5. The molecular weight excluding hydrogens is 222 g/mol. The molecule has 18 heavy (non-hydrogen) atoms. The number of rotatable bonds is 3. The zero-order valence-electron chi connectivity index (χ0n) is 11.0. The van der Waals surface area contributed by atoms with Crippen molar-refractivity contribution in [3.05, 3.63) is 35.4 Å². The van der Waals surface area contributed by atoms with Gasteiger partial charge in [-0.15, -0.1) is 0 Å². The van der Waals surface area contributed by atoms with Crippen LogP contribution in [-0.4, -0.2) is 19.8 Å². The van der Waals surface area contributed by atoms with Crippen LogP contribution in [-0.2, 0) is 10.2 Å². The third-order valence-corrected chi connectivity index (χ3v) is 4.81. The SMILES string of the molecule is NCC1(c2ccccc2C2COC2)CCCCC1. The summed E-state index contributed by atoms with van der Waals surface area (Å²) in [5, 5.41) is 0. The van der Waals surface area contributed by atoms with Crippen LogP contribution < -0.4 is 5.73 Å². The molecule has 0 radical (unpaired) electrons. The number of benzene rings is 1. The molecule has 2 N–H and O–H groups in total. The van der Waals surface area contributed by atoms with E-state index in [1.54, 1.807) is 0 Å². The molecule has 0 amide bonds. The summed E-state index contributed by atoms with van der Waals surface area (Å²) in [4.78, 5) is 0. The summed E-state index contributed by atoms with van der Waals surface area (Å²) in [7, 11) is 0. The molecular formula is C16H23NO. The second kappa shape index (κ2) is 5.02. The van der Waals surface area contributed by atoms with E-state index in [0.29, 0.717) is 5.92 Å². The zero-order chi connectivity index (χ0) is 12.4. The summed E-state index contributed by atoms with van der Waals surface area (Å²) in [6.07, 6.45) is 6.54. The van der Waals surface area contributed by atoms with Crippen molar-refractivity contribution in [2.75, 3.05) is 19.8 Å². The fourth-order valence-corrected chi connectivity index (χ4v) is 3.56. The molecule has 2 aliphatic rings. The van der Waals surface area contributed by atoms with E-state index in [1.165, 1.54) is 43.2 Å². The Labute approximate surface area is 110 Å². The molecule has 1 aliphatic heterocycles. The number of hydrogen-bond donors (Lipinski definition) is 1. The number of hydrogen-bond acceptors (Lipinski definition) is 2. The first-order valence-electron chi connectivity index (χ1n) is 7.23. The van der Waals surface area contributed by atoms with Gasteiger partial charge in [0.05, 0.1) is 13.2 Å². The van der Waals surface area contributed by atoms with Gasteiger partial charge in [0.2, 0.25) is 0 Å². The standard InChI is InChI=1S/C16H23NO/c17-12-16(8-4-1-5-9-16)15-7-3-2-6-14(15)13-10-18-11-13/h2-3,6-7,13H,1,4-5,8-12,17H2. The molecule has 0 aromatic heterocycles. The lowest BCUT2D eigenvalue weighted by atomic mass is 9.67. The quantitative estimate of drug-likeness (QED) is 0.888. The first kappa shape index (κ1) is 12.2. The van der Waals surface area contributed by atoms with E-state index in [9.17, 15) is 0 Å². The molecule has 0 bridgehead atoms. The predicted octanol–water partition coefficient (Wildman–Crippen LogP) is 2.96. The Kier molecular flexibility index (Phi) is 3.40. The van der Waals surface area contributed by atoms with Gasteiger partial charge in [-0.1, -0.05) is 43.5 Å². The Hall–Kier alpha value is -0.860. The third-order valence-electron chi connectivity index (χ3n) is 4.81. The van der Waals surface area contributed by atoms with Gasteiger partial charge >= 0.3 is 0 Å². The fourth-order valence-electron chi connectivity index (χ4n) is 3.56. The largest absolute Gasteiger partial charge is 0.380 e. The molecule has 98 valence electrons. The molecule has 2 fully saturated rings. The van der Waals surface area contributed by atoms with Crippen LogP contribution in [0.25, 0.3) is 0 Å². The highest BCUT2D eigenvalue weighted by Crippen LogP contribution is 2.42. The molecule has 0 atom stereocenters. The van der Waals surface area contributed by atoms with Gasteiger partial charge in [0.15, 0.2) is 0 Å². The zero-order valence-corrected chi connectivity index (χ0v) is 11.0. The molecule has 1 saturated carbocycles. The second-order valence-corrected chi connectivity index (χ2v) is 5.87. The van der Waals surface area contributed by atoms with E-state index in [-0.39, 0.29) is 5.41 Å². The van der Waals surface area contributed by atoms with Crippen molar-refractivity contribution in [1.29, 1.82) is 0 Å². The Bertz CT molecular complexity index is 405. The summed E-state index contributed by atoms with van der Waals surface area (Å²) in [6.45, 7) is 2.56. The minimum Gasteiger partial charge on any atom is -0.380 e. The maximum Gasteiger partial charge on any atom is 0.0557 e. The van der Waals surface area contributed by atoms with Crippen LogP contribution in [0.2, 0.25) is 0 Å². The van der Waals surface area contributed by atoms with Gasteiger partial charge in [-0.05, 0) is 24.0 Å². The normalized spacial score (nSPS) is 23.6. The summed E-state index contributed by atoms with van der Waals surface area (Å²) in [6, 6.07) is 8.93. The smallest absolute Gasteiger partial charge is 0.0557 e. The summed E-state index contributed by atoms with van der Waals surface area (Å²) < 4.78 is 5.37. The number of nitrogens with two attached hydrogens (primary N) is 1. The van der Waals surface area contributed by atoms with E-state index in [0.717, 1.165) is 19.8 Å². The monoisotopic (exact) mass is 245 g/mol. The molecule has 2 heteroatoms. The van der Waals surface area contributed by atoms with E-state index in [1.807, 2.05) is 0 Å². The first-order chi connectivity index (χ1) is 8.86. The van der Waals surface area contributed by atoms with E-state index in [2.05, 4.69) is 24.3 Å². The van der Waals surface area contributed by atoms with Crippen LogP contribution in [0.15, 0.2) is 24.3 Å². The average molecular weight is 245 g/mol. The maximum atomic E-state index is 6.17. The van der Waals surface area contributed by atoms with Crippen LogP contribution >= 0.6 is 0 Å². The van der Waals surface area contributed by atoms with Gasteiger partial charge < -0.3 is 10.5 Å². The van der Waals surface area contributed by atoms with Gasteiger partial charge in [0.25, 0.3) is 0 Å². The van der Waals surface area contributed by atoms with Crippen molar-refractivity contribution in [3.8, 4) is 0 Å². The third kappa shape index (κ3) is 1.98. The average Bonchev–Trinajstić information content (AvgIpc) is 2.38. The van der Waals surface area contributed by atoms with Crippen molar-refractivity contribution in [1.82, 2.24) is 0 Å². The van der Waals surface area contributed by atoms with Gasteiger partial charge in [0, 0.05) is 17.9 Å². The molecule has 3 rings (SSSR count). The van der Waals surface area contributed by atoms with E-state index >= 15 is 0 Å². The lowest BCUT2D eigenvalue weighted by molar-refractivity contribution is 0.00750. The molecule has 1 aromatic rings. The maximum absolute atomic E-state index is 6.17. The van der Waals surface area contributed by atoms with Crippen molar-refractivity contribution < 1.29 is 4.74 Å². The van der Waals surface area contributed by atoms with Crippen molar-refractivity contribution in [3.63, 3.8) is 0 Å². The van der Waals surface area contributed by atoms with E-state index < -0.39 is 0 Å². The van der Waals surface area contributed by atoms with Crippen molar-refractivity contribution >= 4 is 0 Å². The van der Waals surface area contributed by atoms with Gasteiger partial charge in [0.1, 0.15) is 0 Å². The molecule has 1 aromatic carbocycles. The Morgan fingerprint density at radius 1 is 1.11 bits per heavy atom. The Morgan fingerprint density at radius 2 is 1.83 bits per heavy atom. The van der Waals surface area contributed by atoms with Crippen molar-refractivity contribution in [2.45, 2.75) is 43.4 Å². The van der Waals surface area contributed by atoms with Gasteiger partial charge in [-0.2, -0.15) is 0 Å². The van der Waals surface area contributed by atoms with Crippen LogP contribution in [0.3, 0.4) is 0 Å². The summed E-state index contributed by atoms with van der Waals surface area (Å²) in [5.74, 6) is 0.603. The summed E-state index contributed by atoms with van der Waals surface area (Å²) in [5.41, 5.74) is 9.42. The van der Waals surface area contributed by atoms with Crippen LogP contribution in [0, 0.1) is 0 Å². The predicted molar refractivity (Wildman–Crippen MR) is 73.8 cm³/mol. The molecule has 1 saturated heterocycles. The number of ether oxygens (including phenoxy) is 1. The minimum atomic E-state index is 0.241. The Morgan fingerprint density at radius 3 is 2.44 bits per heavy atom. The summed E-state index contributed by atoms with van der Waals surface area (Å²) >= 11 is 0. The first-order valence-corrected chi connectivity index (χ1v) is 7.23. The molecule has 1 aliphatic carbocycles. The molecule has 1 heterocycles. The molecule has 0 unspecified atom stereocenters. The highest BCUT2D eigenvalue weighted by Gasteiger charge is 2.36.